The summed E-state index contributed by atoms with van der Waals surface area (Å²) in [6, 6.07) is 15.8. The van der Waals surface area contributed by atoms with Crippen molar-refractivity contribution in [1.29, 1.82) is 0 Å². The number of nitrogens with one attached hydrogen (secondary N) is 1. The van der Waals surface area contributed by atoms with Gasteiger partial charge in [0.25, 0.3) is 5.91 Å². The molecule has 0 saturated heterocycles. The maximum atomic E-state index is 12.7. The van der Waals surface area contributed by atoms with Crippen LogP contribution in [0.5, 0.6) is 11.5 Å². The van der Waals surface area contributed by atoms with Crippen LogP contribution in [0, 0.1) is 0 Å². The molecule has 0 bridgehead atoms. The van der Waals surface area contributed by atoms with Crippen LogP contribution in [0.4, 0.5) is 0 Å². The molecule has 4 heteroatoms. The number of methoxy groups -OCH3 is 1. The van der Waals surface area contributed by atoms with Gasteiger partial charge in [-0.25, -0.2) is 0 Å². The lowest BCUT2D eigenvalue weighted by molar-refractivity contribution is -0.129. The Hall–Kier alpha value is -2.49. The standard InChI is InChI=1S/C21H25NO3/c1-3-20(25-17-11-7-10-16(14-17)24-2)21(23)22-19-13-6-9-15-8-4-5-12-18(15)19/h4-5,7-8,10-12,14,19-20H,3,6,9,13H2,1-2H3,(H,22,23)/t19-,20-/m1/s1. The van der Waals surface area contributed by atoms with E-state index in [1.165, 1.54) is 11.1 Å². The van der Waals surface area contributed by atoms with Gasteiger partial charge in [-0.15, -0.1) is 0 Å². The van der Waals surface area contributed by atoms with Crippen molar-refractivity contribution in [2.75, 3.05) is 7.11 Å². The Morgan fingerprint density at radius 1 is 1.20 bits per heavy atom. The lowest BCUT2D eigenvalue weighted by atomic mass is 9.87. The highest BCUT2D eigenvalue weighted by Crippen LogP contribution is 2.29. The van der Waals surface area contributed by atoms with Crippen LogP contribution in [0.15, 0.2) is 48.5 Å². The molecule has 0 saturated carbocycles. The van der Waals surface area contributed by atoms with Gasteiger partial charge in [-0.05, 0) is 48.9 Å². The Labute approximate surface area is 149 Å². The zero-order valence-electron chi connectivity index (χ0n) is 14.8. The van der Waals surface area contributed by atoms with Crippen LogP contribution < -0.4 is 14.8 Å². The lowest BCUT2D eigenvalue weighted by Gasteiger charge is -2.28. The number of carbonyl (C=O) groups excluding carboxylic acids is 1. The van der Waals surface area contributed by atoms with Gasteiger partial charge in [0.15, 0.2) is 6.10 Å². The number of carbonyl (C=O) groups is 1. The first-order valence-corrected chi connectivity index (χ1v) is 8.90. The quantitative estimate of drug-likeness (QED) is 0.864. The van der Waals surface area contributed by atoms with Gasteiger partial charge in [0, 0.05) is 6.07 Å². The molecule has 2 aromatic carbocycles. The molecule has 1 aliphatic rings. The second-order valence-corrected chi connectivity index (χ2v) is 6.35. The molecule has 1 aliphatic carbocycles. The van der Waals surface area contributed by atoms with Gasteiger partial charge in [-0.2, -0.15) is 0 Å². The van der Waals surface area contributed by atoms with E-state index in [9.17, 15) is 4.79 Å². The van der Waals surface area contributed by atoms with Crippen molar-refractivity contribution in [3.05, 3.63) is 59.7 Å². The summed E-state index contributed by atoms with van der Waals surface area (Å²) < 4.78 is 11.1. The molecule has 0 heterocycles. The summed E-state index contributed by atoms with van der Waals surface area (Å²) in [6.45, 7) is 1.96. The van der Waals surface area contributed by atoms with Crippen LogP contribution in [-0.4, -0.2) is 19.1 Å². The summed E-state index contributed by atoms with van der Waals surface area (Å²) in [7, 11) is 1.61. The summed E-state index contributed by atoms with van der Waals surface area (Å²) in [4.78, 5) is 12.7. The first-order chi connectivity index (χ1) is 12.2. The Bertz CT molecular complexity index is 729. The maximum Gasteiger partial charge on any atom is 0.261 e. The summed E-state index contributed by atoms with van der Waals surface area (Å²) in [5.74, 6) is 1.30. The summed E-state index contributed by atoms with van der Waals surface area (Å²) >= 11 is 0. The number of ether oxygens (including phenoxy) is 2. The molecular formula is C21H25NO3. The number of benzene rings is 2. The van der Waals surface area contributed by atoms with Crippen molar-refractivity contribution in [1.82, 2.24) is 5.32 Å². The molecule has 0 aliphatic heterocycles. The van der Waals surface area contributed by atoms with Gasteiger partial charge in [0.1, 0.15) is 11.5 Å². The van der Waals surface area contributed by atoms with Crippen LogP contribution >= 0.6 is 0 Å². The predicted molar refractivity (Wildman–Crippen MR) is 98.0 cm³/mol. The van der Waals surface area contributed by atoms with E-state index >= 15 is 0 Å². The van der Waals surface area contributed by atoms with Crippen LogP contribution in [0.25, 0.3) is 0 Å². The minimum Gasteiger partial charge on any atom is -0.497 e. The van der Waals surface area contributed by atoms with E-state index in [2.05, 4.69) is 23.5 Å². The van der Waals surface area contributed by atoms with Crippen LogP contribution in [0.1, 0.15) is 43.4 Å². The van der Waals surface area contributed by atoms with Gasteiger partial charge in [-0.3, -0.25) is 4.79 Å². The summed E-state index contributed by atoms with van der Waals surface area (Å²) in [6.07, 6.45) is 3.24. The third kappa shape index (κ3) is 4.13. The Morgan fingerprint density at radius 2 is 2.00 bits per heavy atom. The minimum atomic E-state index is -0.513. The van der Waals surface area contributed by atoms with Gasteiger partial charge in [-0.1, -0.05) is 37.3 Å². The third-order valence-corrected chi connectivity index (χ3v) is 4.67. The SMILES string of the molecule is CC[C@@H](Oc1cccc(OC)c1)C(=O)N[C@@H]1CCCc2ccccc21. The Balaban J connectivity index is 1.69. The van der Waals surface area contributed by atoms with Crippen LogP contribution in [-0.2, 0) is 11.2 Å². The van der Waals surface area contributed by atoms with E-state index in [4.69, 9.17) is 9.47 Å². The van der Waals surface area contributed by atoms with E-state index in [0.29, 0.717) is 17.9 Å². The summed E-state index contributed by atoms with van der Waals surface area (Å²) in [5, 5.41) is 3.18. The van der Waals surface area contributed by atoms with E-state index in [1.54, 1.807) is 13.2 Å². The molecule has 4 nitrogen and oxygen atoms in total. The van der Waals surface area contributed by atoms with Crippen molar-refractivity contribution in [3.8, 4) is 11.5 Å². The summed E-state index contributed by atoms with van der Waals surface area (Å²) in [5.41, 5.74) is 2.57. The number of hydrogen-bond donors (Lipinski definition) is 1. The fourth-order valence-corrected chi connectivity index (χ4v) is 3.33. The fourth-order valence-electron chi connectivity index (χ4n) is 3.33. The van der Waals surface area contributed by atoms with Crippen molar-refractivity contribution < 1.29 is 14.3 Å². The zero-order chi connectivity index (χ0) is 17.6. The van der Waals surface area contributed by atoms with Gasteiger partial charge in [0.05, 0.1) is 13.2 Å². The lowest BCUT2D eigenvalue weighted by Crippen LogP contribution is -2.40. The molecule has 1 amide bonds. The Kier molecular flexibility index (Phi) is 5.59. The highest BCUT2D eigenvalue weighted by atomic mass is 16.5. The molecule has 0 fully saturated rings. The van der Waals surface area contributed by atoms with Gasteiger partial charge in [0.2, 0.25) is 0 Å². The first-order valence-electron chi connectivity index (χ1n) is 8.90. The molecule has 0 aromatic heterocycles. The molecule has 0 unspecified atom stereocenters. The average molecular weight is 339 g/mol. The molecule has 132 valence electrons. The molecule has 25 heavy (non-hydrogen) atoms. The topological polar surface area (TPSA) is 47.6 Å². The normalized spacial score (nSPS) is 17.3. The second-order valence-electron chi connectivity index (χ2n) is 6.35. The molecule has 3 rings (SSSR count). The van der Waals surface area contributed by atoms with E-state index in [1.807, 2.05) is 31.2 Å². The number of hydrogen-bond acceptors (Lipinski definition) is 3. The smallest absolute Gasteiger partial charge is 0.261 e. The van der Waals surface area contributed by atoms with Gasteiger partial charge < -0.3 is 14.8 Å². The fraction of sp³-hybridized carbons (Fsp3) is 0.381. The predicted octanol–water partition coefficient (Wildman–Crippen LogP) is 4.05. The average Bonchev–Trinajstić information content (AvgIpc) is 2.66. The highest BCUT2D eigenvalue weighted by Gasteiger charge is 2.25. The third-order valence-electron chi connectivity index (χ3n) is 4.67. The molecule has 0 spiro atoms. The van der Waals surface area contributed by atoms with Crippen molar-refractivity contribution >= 4 is 5.91 Å². The highest BCUT2D eigenvalue weighted by molar-refractivity contribution is 5.81. The molecule has 0 radical (unpaired) electrons. The van der Waals surface area contributed by atoms with E-state index in [0.717, 1.165) is 19.3 Å². The number of rotatable bonds is 6. The van der Waals surface area contributed by atoms with Crippen LogP contribution in [0.3, 0.4) is 0 Å². The number of aryl methyl sites for hydroxylation is 1. The molecule has 2 atom stereocenters. The van der Waals surface area contributed by atoms with Crippen molar-refractivity contribution in [3.63, 3.8) is 0 Å². The number of fused-ring (bicyclic) bond motifs is 1. The van der Waals surface area contributed by atoms with Crippen molar-refractivity contribution in [2.24, 2.45) is 0 Å². The maximum absolute atomic E-state index is 12.7. The molecule has 2 aromatic rings. The minimum absolute atomic E-state index is 0.0629. The van der Waals surface area contributed by atoms with Crippen molar-refractivity contribution in [2.45, 2.75) is 44.8 Å². The van der Waals surface area contributed by atoms with E-state index in [-0.39, 0.29) is 11.9 Å². The molecular weight excluding hydrogens is 314 g/mol. The van der Waals surface area contributed by atoms with Crippen LogP contribution in [0.2, 0.25) is 0 Å². The second kappa shape index (κ2) is 8.06. The largest absolute Gasteiger partial charge is 0.497 e. The monoisotopic (exact) mass is 339 g/mol. The van der Waals surface area contributed by atoms with Gasteiger partial charge >= 0.3 is 0 Å². The zero-order valence-corrected chi connectivity index (χ0v) is 14.8. The Morgan fingerprint density at radius 3 is 2.80 bits per heavy atom. The number of amides is 1. The molecule has 1 N–H and O–H groups in total. The van der Waals surface area contributed by atoms with E-state index < -0.39 is 6.10 Å². The first kappa shape index (κ1) is 17.3.